The molecular weight excluding hydrogens is 266 g/mol. The van der Waals surface area contributed by atoms with Gasteiger partial charge in [-0.25, -0.2) is 4.79 Å². The maximum absolute atomic E-state index is 12.1. The van der Waals surface area contributed by atoms with Gasteiger partial charge in [-0.05, 0) is 20.8 Å². The lowest BCUT2D eigenvalue weighted by molar-refractivity contribution is -0.130. The Hall–Kier alpha value is -1.42. The van der Waals surface area contributed by atoms with Crippen LogP contribution >= 0.6 is 11.8 Å². The molecule has 0 aliphatic carbocycles. The number of hydrogen-bond donors (Lipinski definition) is 1. The molecule has 1 N–H and O–H groups in total. The first-order valence-corrected chi connectivity index (χ1v) is 7.19. The second kappa shape index (κ2) is 4.93. The number of nitrogens with one attached hydrogen (secondary N) is 1. The van der Waals surface area contributed by atoms with Crippen molar-refractivity contribution in [2.45, 2.75) is 50.3 Å². The highest BCUT2D eigenvalue weighted by Crippen LogP contribution is 2.37. The third kappa shape index (κ3) is 2.95. The summed E-state index contributed by atoms with van der Waals surface area (Å²) in [5, 5.41) is 11.6. The fourth-order valence-corrected chi connectivity index (χ4v) is 3.57. The zero-order valence-corrected chi connectivity index (χ0v) is 12.0. The Morgan fingerprint density at radius 2 is 2.26 bits per heavy atom. The largest absolute Gasteiger partial charge is 0.444 e. The maximum atomic E-state index is 12.1. The lowest BCUT2D eigenvalue weighted by Gasteiger charge is -2.22. The molecule has 0 saturated carbocycles. The van der Waals surface area contributed by atoms with Crippen LogP contribution in [-0.2, 0) is 9.53 Å². The number of carbonyl (C=O) groups is 2. The monoisotopic (exact) mass is 283 g/mol. The number of rotatable bonds is 1. The van der Waals surface area contributed by atoms with Gasteiger partial charge in [-0.1, -0.05) is 0 Å². The van der Waals surface area contributed by atoms with Gasteiger partial charge in [0.1, 0.15) is 17.7 Å². The molecule has 104 valence electrons. The molecule has 6 nitrogen and oxygen atoms in total. The second-order valence-corrected chi connectivity index (χ2v) is 6.82. The van der Waals surface area contributed by atoms with E-state index < -0.39 is 17.7 Å². The summed E-state index contributed by atoms with van der Waals surface area (Å²) in [6.45, 7) is 5.30. The van der Waals surface area contributed by atoms with Gasteiger partial charge in [0, 0.05) is 12.2 Å². The molecule has 2 aliphatic rings. The molecule has 2 heterocycles. The topological polar surface area (TPSA) is 82.4 Å². The van der Waals surface area contributed by atoms with Gasteiger partial charge >= 0.3 is 6.09 Å². The number of hydrogen-bond acceptors (Lipinski definition) is 5. The molecule has 0 radical (unpaired) electrons. The van der Waals surface area contributed by atoms with E-state index in [2.05, 4.69) is 11.4 Å². The molecule has 2 amide bonds. The van der Waals surface area contributed by atoms with Gasteiger partial charge in [0.25, 0.3) is 0 Å². The van der Waals surface area contributed by atoms with Crippen LogP contribution in [0.2, 0.25) is 0 Å². The van der Waals surface area contributed by atoms with Crippen molar-refractivity contribution in [3.8, 4) is 6.07 Å². The Balaban J connectivity index is 1.96. The molecule has 0 bridgehead atoms. The highest BCUT2D eigenvalue weighted by Gasteiger charge is 2.48. The summed E-state index contributed by atoms with van der Waals surface area (Å²) in [5.74, 6) is 0.457. The van der Waals surface area contributed by atoms with Crippen molar-refractivity contribution in [2.75, 3.05) is 5.75 Å². The molecule has 0 spiro atoms. The van der Waals surface area contributed by atoms with Gasteiger partial charge in [-0.3, -0.25) is 4.79 Å². The SMILES string of the molecule is CC(C)(C)OC(=O)NC1CC2SCC(C#N)N2C1=O. The number of fused-ring (bicyclic) bond motifs is 1. The Bertz CT molecular complexity index is 440. The third-order valence-electron chi connectivity index (χ3n) is 2.92. The fourth-order valence-electron chi connectivity index (χ4n) is 2.19. The molecule has 0 aromatic carbocycles. The number of carbonyl (C=O) groups excluding carboxylic acids is 2. The van der Waals surface area contributed by atoms with Crippen LogP contribution < -0.4 is 5.32 Å². The van der Waals surface area contributed by atoms with Crippen LogP contribution in [-0.4, -0.2) is 45.7 Å². The van der Waals surface area contributed by atoms with E-state index in [0.717, 1.165) is 0 Å². The lowest BCUT2D eigenvalue weighted by Crippen LogP contribution is -2.45. The van der Waals surface area contributed by atoms with Crippen molar-refractivity contribution in [3.63, 3.8) is 0 Å². The van der Waals surface area contributed by atoms with Crippen molar-refractivity contribution >= 4 is 23.8 Å². The van der Waals surface area contributed by atoms with Crippen LogP contribution in [0, 0.1) is 11.3 Å². The number of thioether (sulfide) groups is 1. The normalized spacial score (nSPS) is 29.9. The van der Waals surface area contributed by atoms with E-state index in [1.165, 1.54) is 0 Å². The quantitative estimate of drug-likeness (QED) is 0.778. The minimum Gasteiger partial charge on any atom is -0.444 e. The van der Waals surface area contributed by atoms with Gasteiger partial charge in [-0.2, -0.15) is 5.26 Å². The highest BCUT2D eigenvalue weighted by molar-refractivity contribution is 8.00. The van der Waals surface area contributed by atoms with Crippen LogP contribution in [0.15, 0.2) is 0 Å². The molecule has 3 atom stereocenters. The first-order valence-electron chi connectivity index (χ1n) is 6.15. The smallest absolute Gasteiger partial charge is 0.408 e. The van der Waals surface area contributed by atoms with Crippen LogP contribution in [0.25, 0.3) is 0 Å². The lowest BCUT2D eigenvalue weighted by atomic mass is 10.2. The number of amides is 2. The molecule has 19 heavy (non-hydrogen) atoms. The fraction of sp³-hybridized carbons (Fsp3) is 0.750. The van der Waals surface area contributed by atoms with Crippen molar-refractivity contribution in [2.24, 2.45) is 0 Å². The van der Waals surface area contributed by atoms with Crippen molar-refractivity contribution < 1.29 is 14.3 Å². The molecule has 2 saturated heterocycles. The van der Waals surface area contributed by atoms with Gasteiger partial charge in [0.05, 0.1) is 11.4 Å². The molecule has 0 aromatic heterocycles. The van der Waals surface area contributed by atoms with Crippen LogP contribution in [0.3, 0.4) is 0 Å². The summed E-state index contributed by atoms with van der Waals surface area (Å²) < 4.78 is 5.13. The van der Waals surface area contributed by atoms with E-state index in [4.69, 9.17) is 10.00 Å². The van der Waals surface area contributed by atoms with Gasteiger partial charge in [0.2, 0.25) is 5.91 Å². The van der Waals surface area contributed by atoms with Gasteiger partial charge in [0.15, 0.2) is 0 Å². The molecule has 7 heteroatoms. The molecule has 2 fully saturated rings. The van der Waals surface area contributed by atoms with E-state index in [1.807, 2.05) is 0 Å². The Morgan fingerprint density at radius 3 is 2.84 bits per heavy atom. The third-order valence-corrected chi connectivity index (χ3v) is 4.23. The van der Waals surface area contributed by atoms with Crippen LogP contribution in [0.4, 0.5) is 4.79 Å². The molecule has 0 aromatic rings. The minimum absolute atomic E-state index is 0.00270. The van der Waals surface area contributed by atoms with E-state index in [0.29, 0.717) is 12.2 Å². The van der Waals surface area contributed by atoms with Crippen molar-refractivity contribution in [3.05, 3.63) is 0 Å². The summed E-state index contributed by atoms with van der Waals surface area (Å²) >= 11 is 1.58. The number of nitrogens with zero attached hydrogens (tertiary/aromatic N) is 2. The predicted octanol–water partition coefficient (Wildman–Crippen LogP) is 1.08. The standard InChI is InChI=1S/C12H17N3O3S/c1-12(2,3)18-11(17)14-8-4-9-15(10(8)16)7(5-13)6-19-9/h7-9H,4,6H2,1-3H3,(H,14,17). The zero-order chi connectivity index (χ0) is 14.2. The van der Waals surface area contributed by atoms with Crippen LogP contribution in [0.1, 0.15) is 27.2 Å². The summed E-state index contributed by atoms with van der Waals surface area (Å²) in [4.78, 5) is 25.4. The second-order valence-electron chi connectivity index (χ2n) is 5.61. The number of nitriles is 1. The first-order chi connectivity index (χ1) is 8.81. The maximum Gasteiger partial charge on any atom is 0.408 e. The Morgan fingerprint density at radius 1 is 1.58 bits per heavy atom. The van der Waals surface area contributed by atoms with Gasteiger partial charge in [-0.15, -0.1) is 11.8 Å². The van der Waals surface area contributed by atoms with E-state index in [9.17, 15) is 9.59 Å². The average Bonchev–Trinajstić information content (AvgIpc) is 2.78. The van der Waals surface area contributed by atoms with Crippen LogP contribution in [0.5, 0.6) is 0 Å². The molecular formula is C12H17N3O3S. The summed E-state index contributed by atoms with van der Waals surface area (Å²) in [7, 11) is 0. The average molecular weight is 283 g/mol. The number of ether oxygens (including phenoxy) is 1. The van der Waals surface area contributed by atoms with Crippen molar-refractivity contribution in [1.82, 2.24) is 10.2 Å². The van der Waals surface area contributed by atoms with E-state index >= 15 is 0 Å². The molecule has 2 aliphatic heterocycles. The highest BCUT2D eigenvalue weighted by atomic mass is 32.2. The summed E-state index contributed by atoms with van der Waals surface area (Å²) in [6, 6.07) is 1.16. The Labute approximate surface area is 116 Å². The van der Waals surface area contributed by atoms with E-state index in [1.54, 1.807) is 37.4 Å². The van der Waals surface area contributed by atoms with E-state index in [-0.39, 0.29) is 17.3 Å². The van der Waals surface area contributed by atoms with Gasteiger partial charge < -0.3 is 15.0 Å². The minimum atomic E-state index is -0.592. The Kier molecular flexibility index (Phi) is 3.63. The molecule has 3 unspecified atom stereocenters. The summed E-state index contributed by atoms with van der Waals surface area (Å²) in [5.41, 5.74) is -0.591. The first kappa shape index (κ1) is 14.0. The van der Waals surface area contributed by atoms with Crippen molar-refractivity contribution in [1.29, 1.82) is 5.26 Å². The summed E-state index contributed by atoms with van der Waals surface area (Å²) in [6.07, 6.45) is -0.0634. The zero-order valence-electron chi connectivity index (χ0n) is 11.2. The number of alkyl carbamates (subject to hydrolysis) is 1. The molecule has 2 rings (SSSR count). The predicted molar refractivity (Wildman–Crippen MR) is 70.3 cm³/mol.